The number of nitrogens with one attached hydrogen (secondary N) is 1. The number of aromatic nitrogens is 2. The Bertz CT molecular complexity index is 1160. The maximum Gasteiger partial charge on any atom is 0.411 e. The number of likely N-dealkylation sites (tertiary alicyclic amines) is 1. The summed E-state index contributed by atoms with van der Waals surface area (Å²) in [6.07, 6.45) is 6.49. The summed E-state index contributed by atoms with van der Waals surface area (Å²) in [5.74, 6) is -0.799. The number of piperidine rings is 1. The van der Waals surface area contributed by atoms with E-state index in [-0.39, 0.29) is 24.3 Å². The average Bonchev–Trinajstić information content (AvgIpc) is 3.55. The number of aryl methyl sites for hydroxylation is 1. The number of nitrogens with zero attached hydrogens (tertiary/aromatic N) is 4. The molecule has 1 saturated carbocycles. The molecule has 1 saturated heterocycles. The molecule has 4 rings (SSSR count). The molecule has 1 aromatic heterocycles. The van der Waals surface area contributed by atoms with Crippen LogP contribution in [0.3, 0.4) is 0 Å². The molecular formula is C27H34FN5O3. The predicted molar refractivity (Wildman–Crippen MR) is 132 cm³/mol. The number of hydrogen-bond donors (Lipinski definition) is 1. The van der Waals surface area contributed by atoms with E-state index in [4.69, 9.17) is 4.74 Å². The lowest BCUT2D eigenvalue weighted by atomic mass is 9.97. The SMILES string of the molecule is CCCn1cc(-c2ccc(CC(C#N)NC(=O)[C@@H]3[C@H]4CC[C@H](C4)N3C(=O)OC(C)(C)C)c(F)c2)cn1. The molecule has 2 amide bonds. The first kappa shape index (κ1) is 25.7. The minimum Gasteiger partial charge on any atom is -0.444 e. The first-order valence-electron chi connectivity index (χ1n) is 12.6. The lowest BCUT2D eigenvalue weighted by molar-refractivity contribution is -0.128. The van der Waals surface area contributed by atoms with Gasteiger partial charge in [0.05, 0.1) is 12.3 Å². The van der Waals surface area contributed by atoms with E-state index in [9.17, 15) is 19.2 Å². The number of nitriles is 1. The van der Waals surface area contributed by atoms with E-state index < -0.39 is 29.6 Å². The quantitative estimate of drug-likeness (QED) is 0.612. The number of rotatable bonds is 7. The molecule has 192 valence electrons. The highest BCUT2D eigenvalue weighted by Gasteiger charge is 2.52. The van der Waals surface area contributed by atoms with E-state index in [2.05, 4.69) is 23.4 Å². The molecule has 1 aliphatic carbocycles. The van der Waals surface area contributed by atoms with E-state index in [0.717, 1.165) is 37.8 Å². The zero-order chi connectivity index (χ0) is 26.0. The van der Waals surface area contributed by atoms with Crippen molar-refractivity contribution in [2.45, 2.75) is 90.1 Å². The van der Waals surface area contributed by atoms with E-state index in [1.54, 1.807) is 39.1 Å². The first-order chi connectivity index (χ1) is 17.1. The summed E-state index contributed by atoms with van der Waals surface area (Å²) >= 11 is 0. The van der Waals surface area contributed by atoms with Crippen LogP contribution in [0.2, 0.25) is 0 Å². The number of carbonyl (C=O) groups excluding carboxylic acids is 2. The predicted octanol–water partition coefficient (Wildman–Crippen LogP) is 4.44. The van der Waals surface area contributed by atoms with Gasteiger partial charge in [-0.1, -0.05) is 19.1 Å². The van der Waals surface area contributed by atoms with E-state index in [0.29, 0.717) is 11.1 Å². The Morgan fingerprint density at radius 2 is 2.08 bits per heavy atom. The van der Waals surface area contributed by atoms with Gasteiger partial charge < -0.3 is 10.1 Å². The molecule has 0 spiro atoms. The zero-order valence-corrected chi connectivity index (χ0v) is 21.3. The first-order valence-corrected chi connectivity index (χ1v) is 12.6. The molecule has 2 bridgehead atoms. The van der Waals surface area contributed by atoms with E-state index in [1.165, 1.54) is 11.0 Å². The van der Waals surface area contributed by atoms with Crippen LogP contribution in [0.5, 0.6) is 0 Å². The largest absolute Gasteiger partial charge is 0.444 e. The number of halogens is 1. The van der Waals surface area contributed by atoms with Crippen molar-refractivity contribution in [1.29, 1.82) is 5.26 Å². The van der Waals surface area contributed by atoms with Gasteiger partial charge in [-0.3, -0.25) is 14.4 Å². The van der Waals surface area contributed by atoms with Gasteiger partial charge in [0.15, 0.2) is 0 Å². The van der Waals surface area contributed by atoms with Crippen molar-refractivity contribution in [3.8, 4) is 17.2 Å². The average molecular weight is 496 g/mol. The molecule has 4 atom stereocenters. The second-order valence-corrected chi connectivity index (χ2v) is 10.8. The third-order valence-corrected chi connectivity index (χ3v) is 6.83. The van der Waals surface area contributed by atoms with Gasteiger partial charge in [-0.05, 0) is 69.6 Å². The summed E-state index contributed by atoms with van der Waals surface area (Å²) in [6.45, 7) is 8.22. The van der Waals surface area contributed by atoms with Crippen LogP contribution >= 0.6 is 0 Å². The van der Waals surface area contributed by atoms with Crippen LogP contribution in [0.25, 0.3) is 11.1 Å². The molecule has 8 nitrogen and oxygen atoms in total. The van der Waals surface area contributed by atoms with Gasteiger partial charge in [-0.2, -0.15) is 10.4 Å². The molecule has 9 heteroatoms. The molecule has 1 aromatic carbocycles. The van der Waals surface area contributed by atoms with Crippen molar-refractivity contribution in [3.05, 3.63) is 42.0 Å². The molecule has 2 heterocycles. The minimum absolute atomic E-state index is 0.0245. The molecule has 1 N–H and O–H groups in total. The van der Waals surface area contributed by atoms with Gasteiger partial charge in [0, 0.05) is 30.8 Å². The third kappa shape index (κ3) is 5.53. The van der Waals surface area contributed by atoms with Gasteiger partial charge in [0.2, 0.25) is 5.91 Å². The molecule has 2 aromatic rings. The Hall–Kier alpha value is -3.41. The normalized spacial score (nSPS) is 21.8. The molecule has 0 radical (unpaired) electrons. The Morgan fingerprint density at radius 1 is 1.31 bits per heavy atom. The number of benzene rings is 1. The summed E-state index contributed by atoms with van der Waals surface area (Å²) in [7, 11) is 0. The summed E-state index contributed by atoms with van der Waals surface area (Å²) in [5, 5.41) is 16.8. The molecule has 2 aliphatic rings. The van der Waals surface area contributed by atoms with Crippen molar-refractivity contribution < 1.29 is 18.7 Å². The molecule has 1 aliphatic heterocycles. The van der Waals surface area contributed by atoms with Crippen molar-refractivity contribution in [2.24, 2.45) is 5.92 Å². The lowest BCUT2D eigenvalue weighted by Crippen LogP contribution is -2.55. The fourth-order valence-electron chi connectivity index (χ4n) is 5.27. The summed E-state index contributed by atoms with van der Waals surface area (Å²) in [4.78, 5) is 27.6. The van der Waals surface area contributed by atoms with Gasteiger partial charge in [-0.25, -0.2) is 9.18 Å². The Labute approximate surface area is 211 Å². The van der Waals surface area contributed by atoms with Crippen molar-refractivity contribution in [3.63, 3.8) is 0 Å². The third-order valence-electron chi connectivity index (χ3n) is 6.83. The Balaban J connectivity index is 1.44. The maximum atomic E-state index is 15.0. The van der Waals surface area contributed by atoms with Crippen molar-refractivity contribution in [1.82, 2.24) is 20.0 Å². The second kappa shape index (κ2) is 10.3. The van der Waals surface area contributed by atoms with Gasteiger partial charge in [0.1, 0.15) is 23.5 Å². The van der Waals surface area contributed by atoms with Crippen LogP contribution in [-0.4, -0.2) is 50.4 Å². The monoisotopic (exact) mass is 495 g/mol. The van der Waals surface area contributed by atoms with E-state index >= 15 is 0 Å². The van der Waals surface area contributed by atoms with Gasteiger partial charge in [-0.15, -0.1) is 0 Å². The Morgan fingerprint density at radius 3 is 2.75 bits per heavy atom. The van der Waals surface area contributed by atoms with Crippen LogP contribution in [0, 0.1) is 23.1 Å². The van der Waals surface area contributed by atoms with Crippen LogP contribution < -0.4 is 5.32 Å². The number of hydrogen-bond acceptors (Lipinski definition) is 5. The van der Waals surface area contributed by atoms with Crippen LogP contribution in [0.1, 0.15) is 58.9 Å². The number of carbonyl (C=O) groups is 2. The standard InChI is InChI=1S/C27H34FN5O3/c1-5-10-32-16-20(15-30-32)17-6-7-18(23(28)13-17)11-21(14-29)31-25(34)24-19-8-9-22(12-19)33(24)26(35)36-27(2,3)4/h6-7,13,15-16,19,21-22,24H,5,8-12H2,1-4H3,(H,31,34)/t19-,21?,22+,24-/m0/s1. The van der Waals surface area contributed by atoms with Crippen LogP contribution in [0.15, 0.2) is 30.6 Å². The summed E-state index contributed by atoms with van der Waals surface area (Å²) in [6, 6.07) is 5.30. The smallest absolute Gasteiger partial charge is 0.411 e. The van der Waals surface area contributed by atoms with Gasteiger partial charge in [0.25, 0.3) is 0 Å². The maximum absolute atomic E-state index is 15.0. The molecular weight excluding hydrogens is 461 g/mol. The topological polar surface area (TPSA) is 100 Å². The highest BCUT2D eigenvalue weighted by molar-refractivity contribution is 5.87. The number of amides is 2. The van der Waals surface area contributed by atoms with Crippen LogP contribution in [-0.2, 0) is 22.5 Å². The van der Waals surface area contributed by atoms with E-state index in [1.807, 2.05) is 10.9 Å². The minimum atomic E-state index is -0.926. The molecule has 1 unspecified atom stereocenters. The molecule has 2 fully saturated rings. The second-order valence-electron chi connectivity index (χ2n) is 10.8. The highest BCUT2D eigenvalue weighted by atomic mass is 19.1. The van der Waals surface area contributed by atoms with Crippen molar-refractivity contribution >= 4 is 12.0 Å². The lowest BCUT2D eigenvalue weighted by Gasteiger charge is -2.35. The highest BCUT2D eigenvalue weighted by Crippen LogP contribution is 2.43. The van der Waals surface area contributed by atoms with Crippen molar-refractivity contribution in [2.75, 3.05) is 0 Å². The van der Waals surface area contributed by atoms with Crippen LogP contribution in [0.4, 0.5) is 9.18 Å². The zero-order valence-electron chi connectivity index (χ0n) is 21.3. The number of fused-ring (bicyclic) bond motifs is 2. The fraction of sp³-hybridized carbons (Fsp3) is 0.556. The fourth-order valence-corrected chi connectivity index (χ4v) is 5.27. The summed E-state index contributed by atoms with van der Waals surface area (Å²) < 4.78 is 22.3. The molecule has 36 heavy (non-hydrogen) atoms. The summed E-state index contributed by atoms with van der Waals surface area (Å²) in [5.41, 5.74) is 1.18. The number of ether oxygens (including phenoxy) is 1. The van der Waals surface area contributed by atoms with Gasteiger partial charge >= 0.3 is 6.09 Å². The Kier molecular flexibility index (Phi) is 7.34.